The van der Waals surface area contributed by atoms with Crippen LogP contribution in [0.5, 0.6) is 0 Å². The molecule has 2 heteroatoms. The van der Waals surface area contributed by atoms with Crippen molar-refractivity contribution in [1.82, 2.24) is 4.98 Å². The molecular weight excluding hydrogens is 258 g/mol. The summed E-state index contributed by atoms with van der Waals surface area (Å²) in [6, 6.07) is 14.8. The highest BCUT2D eigenvalue weighted by Crippen LogP contribution is 2.68. The number of aromatic nitrogens is 1. The van der Waals surface area contributed by atoms with Crippen molar-refractivity contribution in [1.29, 1.82) is 0 Å². The number of hydrogen-bond donors (Lipinski definition) is 2. The lowest BCUT2D eigenvalue weighted by Crippen LogP contribution is -2.38. The van der Waals surface area contributed by atoms with Crippen LogP contribution in [0.2, 0.25) is 0 Å². The fourth-order valence-electron chi connectivity index (χ4n) is 4.66. The average Bonchev–Trinajstić information content (AvgIpc) is 2.83. The molecule has 3 atom stereocenters. The summed E-state index contributed by atoms with van der Waals surface area (Å²) in [6.07, 6.45) is 8.37. The molecule has 1 heterocycles. The van der Waals surface area contributed by atoms with Gasteiger partial charge in [0.25, 0.3) is 0 Å². The van der Waals surface area contributed by atoms with E-state index in [4.69, 9.17) is 0 Å². The molecule has 0 bridgehead atoms. The largest absolute Gasteiger partial charge is 0.389 e. The zero-order chi connectivity index (χ0) is 14.3. The van der Waals surface area contributed by atoms with Crippen LogP contribution in [-0.2, 0) is 12.8 Å². The van der Waals surface area contributed by atoms with E-state index in [0.29, 0.717) is 5.92 Å². The van der Waals surface area contributed by atoms with Gasteiger partial charge in [-0.1, -0.05) is 30.3 Å². The van der Waals surface area contributed by atoms with Gasteiger partial charge in [-0.05, 0) is 55.7 Å². The van der Waals surface area contributed by atoms with Gasteiger partial charge in [0.2, 0.25) is 0 Å². The SMILES string of the molecule is OC1(Cc2ccc[nH]2)CCCC12CC2Cc1ccccc1. The summed E-state index contributed by atoms with van der Waals surface area (Å²) in [5, 5.41) is 11.3. The Morgan fingerprint density at radius 2 is 1.95 bits per heavy atom. The number of H-pyrrole nitrogens is 1. The van der Waals surface area contributed by atoms with Gasteiger partial charge >= 0.3 is 0 Å². The van der Waals surface area contributed by atoms with Crippen LogP contribution < -0.4 is 0 Å². The Hall–Kier alpha value is -1.54. The lowest BCUT2D eigenvalue weighted by atomic mass is 9.81. The smallest absolute Gasteiger partial charge is 0.0760 e. The van der Waals surface area contributed by atoms with Crippen LogP contribution in [0.4, 0.5) is 0 Å². The van der Waals surface area contributed by atoms with E-state index in [1.807, 2.05) is 12.3 Å². The molecule has 4 rings (SSSR count). The van der Waals surface area contributed by atoms with Crippen molar-refractivity contribution < 1.29 is 5.11 Å². The zero-order valence-electron chi connectivity index (χ0n) is 12.4. The molecule has 1 spiro atoms. The highest BCUT2D eigenvalue weighted by molar-refractivity contribution is 5.25. The predicted molar refractivity (Wildman–Crippen MR) is 84.0 cm³/mol. The Morgan fingerprint density at radius 3 is 2.71 bits per heavy atom. The van der Waals surface area contributed by atoms with Crippen molar-refractivity contribution in [3.8, 4) is 0 Å². The molecule has 2 aliphatic rings. The number of aliphatic hydroxyl groups is 1. The zero-order valence-corrected chi connectivity index (χ0v) is 12.4. The molecule has 0 amide bonds. The Morgan fingerprint density at radius 1 is 1.10 bits per heavy atom. The van der Waals surface area contributed by atoms with Crippen molar-refractivity contribution in [2.45, 2.75) is 44.1 Å². The highest BCUT2D eigenvalue weighted by atomic mass is 16.3. The third kappa shape index (κ3) is 2.13. The van der Waals surface area contributed by atoms with Crippen molar-refractivity contribution in [2.75, 3.05) is 0 Å². The molecule has 21 heavy (non-hydrogen) atoms. The summed E-state index contributed by atoms with van der Waals surface area (Å²) in [6.45, 7) is 0. The lowest BCUT2D eigenvalue weighted by molar-refractivity contribution is -0.0180. The molecular formula is C19H23NO. The molecule has 0 radical (unpaired) electrons. The van der Waals surface area contributed by atoms with E-state index in [2.05, 4.69) is 41.4 Å². The van der Waals surface area contributed by atoms with Crippen molar-refractivity contribution in [3.05, 3.63) is 59.9 Å². The van der Waals surface area contributed by atoms with E-state index in [0.717, 1.165) is 19.3 Å². The first-order valence-electron chi connectivity index (χ1n) is 8.10. The number of hydrogen-bond acceptors (Lipinski definition) is 1. The van der Waals surface area contributed by atoms with Gasteiger partial charge in [-0.2, -0.15) is 0 Å². The minimum atomic E-state index is -0.503. The Bertz CT molecular complexity index is 606. The van der Waals surface area contributed by atoms with E-state index in [1.54, 1.807) is 0 Å². The third-order valence-corrected chi connectivity index (χ3v) is 5.84. The van der Waals surface area contributed by atoms with Crippen LogP contribution in [-0.4, -0.2) is 15.7 Å². The number of nitrogens with one attached hydrogen (secondary N) is 1. The van der Waals surface area contributed by atoms with Crippen LogP contribution in [0.25, 0.3) is 0 Å². The van der Waals surface area contributed by atoms with Gasteiger partial charge in [-0.3, -0.25) is 0 Å². The summed E-state index contributed by atoms with van der Waals surface area (Å²) in [4.78, 5) is 3.26. The van der Waals surface area contributed by atoms with Crippen molar-refractivity contribution >= 4 is 0 Å². The van der Waals surface area contributed by atoms with Crippen LogP contribution >= 0.6 is 0 Å². The van der Waals surface area contributed by atoms with Crippen LogP contribution in [0, 0.1) is 11.3 Å². The van der Waals surface area contributed by atoms with E-state index in [9.17, 15) is 5.11 Å². The molecule has 1 aromatic heterocycles. The van der Waals surface area contributed by atoms with Gasteiger partial charge in [0.1, 0.15) is 0 Å². The normalized spacial score (nSPS) is 34.4. The maximum absolute atomic E-state index is 11.3. The molecule has 2 aromatic rings. The molecule has 110 valence electrons. The van der Waals surface area contributed by atoms with E-state index >= 15 is 0 Å². The molecule has 2 aliphatic carbocycles. The summed E-state index contributed by atoms with van der Waals surface area (Å²) >= 11 is 0. The van der Waals surface area contributed by atoms with Crippen molar-refractivity contribution in [2.24, 2.45) is 11.3 Å². The lowest BCUT2D eigenvalue weighted by Gasteiger charge is -2.31. The van der Waals surface area contributed by atoms with Gasteiger partial charge < -0.3 is 10.1 Å². The van der Waals surface area contributed by atoms with Gasteiger partial charge in [-0.25, -0.2) is 0 Å². The van der Waals surface area contributed by atoms with Gasteiger partial charge in [0, 0.05) is 23.7 Å². The summed E-state index contributed by atoms with van der Waals surface area (Å²) in [7, 11) is 0. The fraction of sp³-hybridized carbons (Fsp3) is 0.474. The van der Waals surface area contributed by atoms with Crippen LogP contribution in [0.1, 0.15) is 36.9 Å². The third-order valence-electron chi connectivity index (χ3n) is 5.84. The second-order valence-electron chi connectivity index (χ2n) is 7.00. The fourth-order valence-corrected chi connectivity index (χ4v) is 4.66. The molecule has 2 N–H and O–H groups in total. The standard InChI is InChI=1S/C19H23NO/c21-19(14-17-8-4-11-20-17)10-5-9-18(19)13-16(18)12-15-6-2-1-3-7-15/h1-4,6-8,11,16,20-21H,5,9-10,12-14H2. The molecule has 2 fully saturated rings. The van der Waals surface area contributed by atoms with Crippen molar-refractivity contribution in [3.63, 3.8) is 0 Å². The first-order valence-corrected chi connectivity index (χ1v) is 8.10. The van der Waals surface area contributed by atoms with E-state index < -0.39 is 5.60 Å². The van der Waals surface area contributed by atoms with Gasteiger partial charge in [0.15, 0.2) is 0 Å². The minimum Gasteiger partial charge on any atom is -0.389 e. The van der Waals surface area contributed by atoms with Crippen LogP contribution in [0.15, 0.2) is 48.7 Å². The topological polar surface area (TPSA) is 36.0 Å². The summed E-state index contributed by atoms with van der Waals surface area (Å²) < 4.78 is 0. The molecule has 1 aromatic carbocycles. The van der Waals surface area contributed by atoms with E-state index in [1.165, 1.54) is 30.5 Å². The predicted octanol–water partition coefficient (Wildman–Crippen LogP) is 3.72. The number of aromatic amines is 1. The maximum Gasteiger partial charge on any atom is 0.0760 e. The summed E-state index contributed by atoms with van der Waals surface area (Å²) in [5.41, 5.74) is 2.25. The van der Waals surface area contributed by atoms with E-state index in [-0.39, 0.29) is 5.41 Å². The molecule has 0 aliphatic heterocycles. The molecule has 2 nitrogen and oxygen atoms in total. The Labute approximate surface area is 126 Å². The van der Waals surface area contributed by atoms with Gasteiger partial charge in [0.05, 0.1) is 5.60 Å². The maximum atomic E-state index is 11.3. The average molecular weight is 281 g/mol. The first kappa shape index (κ1) is 13.1. The second-order valence-corrected chi connectivity index (χ2v) is 7.00. The molecule has 0 saturated heterocycles. The Kier molecular flexibility index (Phi) is 2.97. The second kappa shape index (κ2) is 4.74. The highest BCUT2D eigenvalue weighted by Gasteiger charge is 2.67. The molecule has 2 saturated carbocycles. The first-order chi connectivity index (χ1) is 10.2. The Balaban J connectivity index is 1.52. The minimum absolute atomic E-state index is 0.175. The van der Waals surface area contributed by atoms with Gasteiger partial charge in [-0.15, -0.1) is 0 Å². The number of benzene rings is 1. The monoisotopic (exact) mass is 281 g/mol. The quantitative estimate of drug-likeness (QED) is 0.880. The van der Waals surface area contributed by atoms with Crippen LogP contribution in [0.3, 0.4) is 0 Å². The molecule has 3 unspecified atom stereocenters. The summed E-state index contributed by atoms with van der Waals surface area (Å²) in [5.74, 6) is 0.655. The number of rotatable bonds is 4.